The lowest BCUT2D eigenvalue weighted by Gasteiger charge is -2.14. The van der Waals surface area contributed by atoms with Crippen LogP contribution in [-0.4, -0.2) is 43.5 Å². The van der Waals surface area contributed by atoms with Crippen molar-refractivity contribution >= 4 is 17.3 Å². The maximum Gasteiger partial charge on any atom is 0.141 e. The second kappa shape index (κ2) is 10.8. The zero-order valence-electron chi connectivity index (χ0n) is 19.2. The fourth-order valence-electron chi connectivity index (χ4n) is 3.35. The molecular weight excluding hydrogens is 472 g/mol. The van der Waals surface area contributed by atoms with Crippen molar-refractivity contribution in [1.82, 2.24) is 19.5 Å². The van der Waals surface area contributed by atoms with Gasteiger partial charge in [-0.25, -0.2) is 23.7 Å². The van der Waals surface area contributed by atoms with Crippen LogP contribution in [0.4, 0.5) is 20.4 Å². The van der Waals surface area contributed by atoms with E-state index in [4.69, 9.17) is 25.7 Å². The van der Waals surface area contributed by atoms with E-state index < -0.39 is 11.6 Å². The minimum atomic E-state index is -0.766. The summed E-state index contributed by atoms with van der Waals surface area (Å²) in [5.74, 6) is -0.760. The van der Waals surface area contributed by atoms with Crippen LogP contribution >= 0.6 is 0 Å². The zero-order chi connectivity index (χ0) is 25.7. The highest BCUT2D eigenvalue weighted by molar-refractivity contribution is 6.16. The van der Waals surface area contributed by atoms with Crippen LogP contribution < -0.4 is 20.5 Å². The number of rotatable bonds is 10. The number of anilines is 2. The van der Waals surface area contributed by atoms with Crippen molar-refractivity contribution in [2.75, 3.05) is 24.2 Å². The Morgan fingerprint density at radius 2 is 1.94 bits per heavy atom. The number of benzene rings is 2. The van der Waals surface area contributed by atoms with Crippen LogP contribution in [0.15, 0.2) is 55.2 Å². The van der Waals surface area contributed by atoms with Gasteiger partial charge in [-0.1, -0.05) is 0 Å². The maximum absolute atomic E-state index is 15.0. The molecule has 0 atom stereocenters. The van der Waals surface area contributed by atoms with Crippen LogP contribution in [0.3, 0.4) is 0 Å². The fraction of sp³-hybridized carbons (Fsp3) is 0.167. The van der Waals surface area contributed by atoms with E-state index >= 15 is 4.39 Å². The van der Waals surface area contributed by atoms with Crippen LogP contribution in [0.2, 0.25) is 0 Å². The molecule has 0 aliphatic carbocycles. The molecule has 2 aromatic heterocycles. The second-order valence-electron chi connectivity index (χ2n) is 7.66. The van der Waals surface area contributed by atoms with Crippen LogP contribution in [0.5, 0.6) is 17.2 Å². The summed E-state index contributed by atoms with van der Waals surface area (Å²) in [6, 6.07) is 7.69. The summed E-state index contributed by atoms with van der Waals surface area (Å²) in [7, 11) is 1.81. The number of aliphatic hydroxyl groups excluding tert-OH is 1. The summed E-state index contributed by atoms with van der Waals surface area (Å²) >= 11 is 0. The topological polar surface area (TPSA) is 144 Å². The molecule has 4 rings (SSSR count). The predicted octanol–water partition coefficient (Wildman–Crippen LogP) is 3.26. The Bertz CT molecular complexity index is 1390. The van der Waals surface area contributed by atoms with Gasteiger partial charge in [0.05, 0.1) is 36.1 Å². The van der Waals surface area contributed by atoms with Gasteiger partial charge in [-0.05, 0) is 12.1 Å². The molecule has 2 heterocycles. The van der Waals surface area contributed by atoms with E-state index in [0.29, 0.717) is 0 Å². The van der Waals surface area contributed by atoms with Crippen molar-refractivity contribution in [3.8, 4) is 17.2 Å². The third kappa shape index (κ3) is 5.55. The van der Waals surface area contributed by atoms with Crippen molar-refractivity contribution in [2.45, 2.75) is 6.61 Å². The van der Waals surface area contributed by atoms with E-state index in [-0.39, 0.29) is 65.5 Å². The van der Waals surface area contributed by atoms with Crippen LogP contribution in [0, 0.1) is 17.0 Å². The maximum atomic E-state index is 15.0. The Hall–Kier alpha value is -4.58. The van der Waals surface area contributed by atoms with Crippen LogP contribution in [-0.2, 0) is 13.7 Å². The van der Waals surface area contributed by atoms with Gasteiger partial charge in [0.15, 0.2) is 0 Å². The Morgan fingerprint density at radius 1 is 1.14 bits per heavy atom. The third-order valence-electron chi connectivity index (χ3n) is 5.12. The lowest BCUT2D eigenvalue weighted by molar-refractivity contribution is 0.294. The van der Waals surface area contributed by atoms with E-state index in [1.54, 1.807) is 17.1 Å². The number of aryl methyl sites for hydroxylation is 1. The number of nitrogens with zero attached hydrogens (tertiary/aromatic N) is 4. The first kappa shape index (κ1) is 24.5. The smallest absolute Gasteiger partial charge is 0.141 e. The number of nitrogens with one attached hydrogen (secondary N) is 2. The van der Waals surface area contributed by atoms with Gasteiger partial charge in [0.25, 0.3) is 0 Å². The molecule has 0 radical (unpaired) electrons. The molecule has 0 saturated heterocycles. The van der Waals surface area contributed by atoms with Gasteiger partial charge in [0, 0.05) is 43.4 Å². The highest BCUT2D eigenvalue weighted by atomic mass is 19.1. The summed E-state index contributed by atoms with van der Waals surface area (Å²) in [5, 5.41) is 20.4. The Balaban J connectivity index is 1.52. The molecular formula is C24H23F2N7O3. The Kier molecular flexibility index (Phi) is 7.35. The Morgan fingerprint density at radius 3 is 2.67 bits per heavy atom. The molecule has 4 aromatic rings. The first-order valence-electron chi connectivity index (χ1n) is 10.8. The molecule has 5 N–H and O–H groups in total. The average Bonchev–Trinajstić information content (AvgIpc) is 3.25. The number of ether oxygens (including phenoxy) is 2. The van der Waals surface area contributed by atoms with Crippen LogP contribution in [0.1, 0.15) is 16.8 Å². The van der Waals surface area contributed by atoms with E-state index in [1.165, 1.54) is 30.6 Å². The number of aliphatic hydroxyl groups is 1. The monoisotopic (exact) mass is 495 g/mol. The SMILES string of the molecule is Cn1cncc1COc1cc(F)cc(Oc2ccc(C(=N)c3c(N)ncnc3NCCO)c(F)c2)c1. The molecule has 0 amide bonds. The first-order chi connectivity index (χ1) is 17.4. The molecule has 0 aliphatic rings. The number of imidazole rings is 1. The minimum absolute atomic E-state index is 0.0198. The minimum Gasteiger partial charge on any atom is -0.487 e. The summed E-state index contributed by atoms with van der Waals surface area (Å²) in [6.07, 6.45) is 4.47. The molecule has 0 aliphatic heterocycles. The van der Waals surface area contributed by atoms with Crippen molar-refractivity contribution in [3.05, 3.63) is 83.7 Å². The summed E-state index contributed by atoms with van der Waals surface area (Å²) in [6.45, 7) is 0.160. The van der Waals surface area contributed by atoms with Crippen molar-refractivity contribution in [1.29, 1.82) is 5.41 Å². The number of aromatic nitrogens is 4. The quantitative estimate of drug-likeness (QED) is 0.246. The van der Waals surface area contributed by atoms with Crippen LogP contribution in [0.25, 0.3) is 0 Å². The van der Waals surface area contributed by atoms with E-state index in [0.717, 1.165) is 17.8 Å². The predicted molar refractivity (Wildman–Crippen MR) is 128 cm³/mol. The number of hydrogen-bond acceptors (Lipinski definition) is 9. The number of halogens is 2. The van der Waals surface area contributed by atoms with Gasteiger partial charge in [0.1, 0.15) is 53.5 Å². The molecule has 0 bridgehead atoms. The highest BCUT2D eigenvalue weighted by Crippen LogP contribution is 2.30. The van der Waals surface area contributed by atoms with Gasteiger partial charge in [0.2, 0.25) is 0 Å². The summed E-state index contributed by atoms with van der Waals surface area (Å²) < 4.78 is 42.2. The van der Waals surface area contributed by atoms with E-state index in [9.17, 15) is 4.39 Å². The highest BCUT2D eigenvalue weighted by Gasteiger charge is 2.19. The summed E-state index contributed by atoms with van der Waals surface area (Å²) in [4.78, 5) is 11.9. The molecule has 0 spiro atoms. The van der Waals surface area contributed by atoms with Gasteiger partial charge in [-0.15, -0.1) is 0 Å². The van der Waals surface area contributed by atoms with Crippen molar-refractivity contribution in [3.63, 3.8) is 0 Å². The lowest BCUT2D eigenvalue weighted by atomic mass is 10.0. The number of nitrogens with two attached hydrogens (primary N) is 1. The van der Waals surface area contributed by atoms with E-state index in [1.807, 2.05) is 7.05 Å². The fourth-order valence-corrected chi connectivity index (χ4v) is 3.35. The molecule has 0 fully saturated rings. The van der Waals surface area contributed by atoms with Crippen molar-refractivity contribution in [2.24, 2.45) is 7.05 Å². The molecule has 2 aromatic carbocycles. The molecule has 36 heavy (non-hydrogen) atoms. The van der Waals surface area contributed by atoms with Gasteiger partial charge >= 0.3 is 0 Å². The standard InChI is InChI=1S/C24H23F2N7O3/c1-33-13-29-10-15(33)11-35-17-6-14(25)7-18(8-17)36-16-2-3-19(20(26)9-16)22(27)21-23(28)31-12-32-24(21)30-4-5-34/h2-3,6-10,12-13,27,34H,4-5,11H2,1H3,(H3,28,30,31,32). The zero-order valence-corrected chi connectivity index (χ0v) is 19.2. The van der Waals surface area contributed by atoms with Gasteiger partial charge in [-0.2, -0.15) is 0 Å². The molecule has 0 unspecified atom stereocenters. The number of hydrogen-bond donors (Lipinski definition) is 4. The van der Waals surface area contributed by atoms with Gasteiger partial charge < -0.3 is 30.2 Å². The largest absolute Gasteiger partial charge is 0.487 e. The van der Waals surface area contributed by atoms with E-state index in [2.05, 4.69) is 20.3 Å². The molecule has 0 saturated carbocycles. The molecule has 12 heteroatoms. The van der Waals surface area contributed by atoms with Gasteiger partial charge in [-0.3, -0.25) is 5.41 Å². The summed E-state index contributed by atoms with van der Waals surface area (Å²) in [5.41, 5.74) is 6.47. The number of nitrogen functional groups attached to an aromatic ring is 1. The molecule has 10 nitrogen and oxygen atoms in total. The average molecular weight is 495 g/mol. The van der Waals surface area contributed by atoms with Crippen molar-refractivity contribution < 1.29 is 23.4 Å². The lowest BCUT2D eigenvalue weighted by Crippen LogP contribution is -2.16. The Labute approximate surface area is 204 Å². The first-order valence-corrected chi connectivity index (χ1v) is 10.8. The second-order valence-corrected chi connectivity index (χ2v) is 7.66. The normalized spacial score (nSPS) is 10.8. The molecule has 186 valence electrons. The third-order valence-corrected chi connectivity index (χ3v) is 5.12.